The summed E-state index contributed by atoms with van der Waals surface area (Å²) in [6, 6.07) is 0. The lowest BCUT2D eigenvalue weighted by Gasteiger charge is -2.11. The maximum absolute atomic E-state index is 9.09. The minimum absolute atomic E-state index is 0.106. The van der Waals surface area contributed by atoms with E-state index in [-0.39, 0.29) is 6.10 Å². The highest BCUT2D eigenvalue weighted by molar-refractivity contribution is 4.55. The molecule has 0 aliphatic rings. The van der Waals surface area contributed by atoms with E-state index in [1.54, 1.807) is 0 Å². The number of rotatable bonds is 9. The molecule has 14 heavy (non-hydrogen) atoms. The molecule has 0 aromatic rings. The lowest BCUT2D eigenvalue weighted by atomic mass is 9.96. The van der Waals surface area contributed by atoms with Crippen LogP contribution in [0.1, 0.15) is 72.1 Å². The van der Waals surface area contributed by atoms with Crippen molar-refractivity contribution in [3.05, 3.63) is 0 Å². The van der Waals surface area contributed by atoms with Crippen LogP contribution in [0.15, 0.2) is 0 Å². The van der Waals surface area contributed by atoms with Crippen molar-refractivity contribution < 1.29 is 5.11 Å². The fourth-order valence-electron chi connectivity index (χ4n) is 1.82. The Hall–Kier alpha value is -0.0400. The van der Waals surface area contributed by atoms with Crippen LogP contribution in [0.4, 0.5) is 0 Å². The second kappa shape index (κ2) is 9.51. The number of aliphatic hydroxyl groups is 1. The van der Waals surface area contributed by atoms with Crippen molar-refractivity contribution in [2.24, 2.45) is 5.92 Å². The van der Waals surface area contributed by atoms with Gasteiger partial charge in [0.1, 0.15) is 0 Å². The summed E-state index contributed by atoms with van der Waals surface area (Å²) in [5.41, 5.74) is 0. The van der Waals surface area contributed by atoms with Crippen LogP contribution in [-0.4, -0.2) is 11.2 Å². The molecule has 0 rings (SSSR count). The van der Waals surface area contributed by atoms with Crippen molar-refractivity contribution in [2.45, 2.75) is 78.2 Å². The summed E-state index contributed by atoms with van der Waals surface area (Å²) in [5, 5.41) is 9.09. The van der Waals surface area contributed by atoms with Crippen molar-refractivity contribution in [1.82, 2.24) is 0 Å². The summed E-state index contributed by atoms with van der Waals surface area (Å²) in [5.74, 6) is 0.885. The van der Waals surface area contributed by atoms with Gasteiger partial charge in [0.05, 0.1) is 6.10 Å². The minimum atomic E-state index is -0.106. The summed E-state index contributed by atoms with van der Waals surface area (Å²) < 4.78 is 0. The van der Waals surface area contributed by atoms with Gasteiger partial charge < -0.3 is 5.11 Å². The number of hydrogen-bond acceptors (Lipinski definition) is 1. The van der Waals surface area contributed by atoms with Gasteiger partial charge >= 0.3 is 0 Å². The molecule has 0 bridgehead atoms. The van der Waals surface area contributed by atoms with E-state index in [2.05, 4.69) is 13.8 Å². The van der Waals surface area contributed by atoms with Crippen LogP contribution in [0.2, 0.25) is 0 Å². The van der Waals surface area contributed by atoms with Crippen LogP contribution >= 0.6 is 0 Å². The van der Waals surface area contributed by atoms with Gasteiger partial charge in [-0.05, 0) is 19.3 Å². The first-order valence-corrected chi connectivity index (χ1v) is 6.34. The molecule has 0 heterocycles. The van der Waals surface area contributed by atoms with Crippen LogP contribution in [0.25, 0.3) is 0 Å². The Balaban J connectivity index is 3.14. The smallest absolute Gasteiger partial charge is 0.0512 e. The number of unbranched alkanes of at least 4 members (excludes halogenated alkanes) is 3. The number of hydrogen-bond donors (Lipinski definition) is 1. The molecule has 1 heteroatoms. The average molecular weight is 200 g/mol. The molecule has 0 saturated heterocycles. The SMILES string of the molecule is CCCCCC(C)CCCCC(C)O. The monoisotopic (exact) mass is 200 g/mol. The zero-order valence-corrected chi connectivity index (χ0v) is 10.3. The van der Waals surface area contributed by atoms with E-state index in [9.17, 15) is 0 Å². The third-order valence-electron chi connectivity index (χ3n) is 2.87. The minimum Gasteiger partial charge on any atom is -0.393 e. The fraction of sp³-hybridized carbons (Fsp3) is 1.00. The van der Waals surface area contributed by atoms with Crippen molar-refractivity contribution >= 4 is 0 Å². The summed E-state index contributed by atoms with van der Waals surface area (Å²) in [6.07, 6.45) is 10.2. The molecule has 0 aromatic carbocycles. The summed E-state index contributed by atoms with van der Waals surface area (Å²) >= 11 is 0. The van der Waals surface area contributed by atoms with Crippen LogP contribution in [-0.2, 0) is 0 Å². The van der Waals surface area contributed by atoms with E-state index in [4.69, 9.17) is 5.11 Å². The van der Waals surface area contributed by atoms with Crippen molar-refractivity contribution in [3.63, 3.8) is 0 Å². The first kappa shape index (κ1) is 14.0. The van der Waals surface area contributed by atoms with Crippen LogP contribution in [0, 0.1) is 5.92 Å². The molecule has 2 atom stereocenters. The van der Waals surface area contributed by atoms with Gasteiger partial charge in [-0.2, -0.15) is 0 Å². The Kier molecular flexibility index (Phi) is 9.49. The van der Waals surface area contributed by atoms with E-state index in [1.807, 2.05) is 6.92 Å². The third-order valence-corrected chi connectivity index (χ3v) is 2.87. The molecular formula is C13H28O. The van der Waals surface area contributed by atoms with Crippen molar-refractivity contribution in [1.29, 1.82) is 0 Å². The van der Waals surface area contributed by atoms with Crippen molar-refractivity contribution in [3.8, 4) is 0 Å². The third kappa shape index (κ3) is 10.0. The lowest BCUT2D eigenvalue weighted by molar-refractivity contribution is 0.179. The second-order valence-corrected chi connectivity index (χ2v) is 4.73. The van der Waals surface area contributed by atoms with Gasteiger partial charge in [0, 0.05) is 0 Å². The molecule has 1 N–H and O–H groups in total. The standard InChI is InChI=1S/C13H28O/c1-4-5-6-9-12(2)10-7-8-11-13(3)14/h12-14H,4-11H2,1-3H3. The van der Waals surface area contributed by atoms with Crippen LogP contribution in [0.3, 0.4) is 0 Å². The Bertz CT molecular complexity index is 110. The topological polar surface area (TPSA) is 20.2 Å². The van der Waals surface area contributed by atoms with E-state index in [0.29, 0.717) is 0 Å². The molecule has 1 nitrogen and oxygen atoms in total. The van der Waals surface area contributed by atoms with Gasteiger partial charge in [-0.15, -0.1) is 0 Å². The Morgan fingerprint density at radius 1 is 0.857 bits per heavy atom. The molecule has 0 aliphatic carbocycles. The molecule has 0 fully saturated rings. The molecule has 0 aromatic heterocycles. The largest absolute Gasteiger partial charge is 0.393 e. The molecule has 0 amide bonds. The fourth-order valence-corrected chi connectivity index (χ4v) is 1.82. The zero-order valence-electron chi connectivity index (χ0n) is 10.3. The predicted molar refractivity (Wildman–Crippen MR) is 63.5 cm³/mol. The lowest BCUT2D eigenvalue weighted by Crippen LogP contribution is -2.00. The quantitative estimate of drug-likeness (QED) is 0.554. The van der Waals surface area contributed by atoms with Gasteiger partial charge in [0.2, 0.25) is 0 Å². The number of aliphatic hydroxyl groups excluding tert-OH is 1. The first-order valence-electron chi connectivity index (χ1n) is 6.34. The first-order chi connectivity index (χ1) is 6.66. The maximum atomic E-state index is 9.09. The average Bonchev–Trinajstić information content (AvgIpc) is 2.13. The van der Waals surface area contributed by atoms with Gasteiger partial charge in [0.25, 0.3) is 0 Å². The van der Waals surface area contributed by atoms with Gasteiger partial charge in [-0.25, -0.2) is 0 Å². The van der Waals surface area contributed by atoms with Crippen molar-refractivity contribution in [2.75, 3.05) is 0 Å². The highest BCUT2D eigenvalue weighted by Gasteiger charge is 2.02. The Labute approximate surface area is 89.9 Å². The zero-order chi connectivity index (χ0) is 10.8. The Morgan fingerprint density at radius 3 is 1.86 bits per heavy atom. The molecule has 0 radical (unpaired) electrons. The highest BCUT2D eigenvalue weighted by Crippen LogP contribution is 2.16. The molecule has 0 aliphatic heterocycles. The maximum Gasteiger partial charge on any atom is 0.0512 e. The Morgan fingerprint density at radius 2 is 1.36 bits per heavy atom. The van der Waals surface area contributed by atoms with Gasteiger partial charge in [0.15, 0.2) is 0 Å². The second-order valence-electron chi connectivity index (χ2n) is 4.73. The highest BCUT2D eigenvalue weighted by atomic mass is 16.3. The van der Waals surface area contributed by atoms with Crippen LogP contribution < -0.4 is 0 Å². The van der Waals surface area contributed by atoms with Gasteiger partial charge in [-0.1, -0.05) is 58.8 Å². The molecule has 86 valence electrons. The molecule has 0 saturated carbocycles. The molecule has 2 unspecified atom stereocenters. The molecule has 0 spiro atoms. The predicted octanol–water partition coefficient (Wildman–Crippen LogP) is 4.14. The van der Waals surface area contributed by atoms with E-state index in [0.717, 1.165) is 12.3 Å². The normalized spacial score (nSPS) is 15.4. The van der Waals surface area contributed by atoms with E-state index >= 15 is 0 Å². The summed E-state index contributed by atoms with van der Waals surface area (Å²) in [4.78, 5) is 0. The van der Waals surface area contributed by atoms with E-state index in [1.165, 1.54) is 44.9 Å². The van der Waals surface area contributed by atoms with Gasteiger partial charge in [-0.3, -0.25) is 0 Å². The summed E-state index contributed by atoms with van der Waals surface area (Å²) in [6.45, 7) is 6.50. The summed E-state index contributed by atoms with van der Waals surface area (Å²) in [7, 11) is 0. The molecular weight excluding hydrogens is 172 g/mol. The van der Waals surface area contributed by atoms with Crippen LogP contribution in [0.5, 0.6) is 0 Å². The van der Waals surface area contributed by atoms with E-state index < -0.39 is 0 Å².